The van der Waals surface area contributed by atoms with E-state index in [4.69, 9.17) is 4.74 Å². The van der Waals surface area contributed by atoms with Crippen molar-refractivity contribution in [3.05, 3.63) is 29.8 Å². The van der Waals surface area contributed by atoms with Gasteiger partial charge in [-0.1, -0.05) is 26.0 Å². The van der Waals surface area contributed by atoms with E-state index in [9.17, 15) is 9.90 Å². The normalized spacial score (nSPS) is 12.6. The molecule has 0 spiro atoms. The van der Waals surface area contributed by atoms with Gasteiger partial charge in [0.05, 0.1) is 18.2 Å². The van der Waals surface area contributed by atoms with Gasteiger partial charge in [0.1, 0.15) is 5.75 Å². The molecule has 3 N–H and O–H groups in total. The Balaban J connectivity index is 2.50. The standard InChI is InChI=1S/C17H28N2O3/c1-5-17(21,6-2)12-18-16(20)19-13(4)14-8-10-15(11-9-14)22-7-3/h8-11,13,21H,5-7,12H2,1-4H3,(H2,18,19,20). The number of urea groups is 1. The molecule has 0 bridgehead atoms. The molecule has 0 heterocycles. The van der Waals surface area contributed by atoms with Crippen molar-refractivity contribution < 1.29 is 14.6 Å². The van der Waals surface area contributed by atoms with Crippen LogP contribution >= 0.6 is 0 Å². The molecule has 0 saturated heterocycles. The van der Waals surface area contributed by atoms with Gasteiger partial charge in [-0.05, 0) is 44.4 Å². The number of aliphatic hydroxyl groups is 1. The zero-order valence-electron chi connectivity index (χ0n) is 14.0. The van der Waals surface area contributed by atoms with Crippen LogP contribution in [0.4, 0.5) is 4.79 Å². The van der Waals surface area contributed by atoms with Crippen LogP contribution in [0.25, 0.3) is 0 Å². The van der Waals surface area contributed by atoms with Crippen molar-refractivity contribution in [3.8, 4) is 5.75 Å². The zero-order valence-corrected chi connectivity index (χ0v) is 14.0. The highest BCUT2D eigenvalue weighted by Crippen LogP contribution is 2.17. The van der Waals surface area contributed by atoms with E-state index in [2.05, 4.69) is 10.6 Å². The number of nitrogens with one attached hydrogen (secondary N) is 2. The van der Waals surface area contributed by atoms with Gasteiger partial charge in [-0.2, -0.15) is 0 Å². The van der Waals surface area contributed by atoms with Crippen molar-refractivity contribution >= 4 is 6.03 Å². The monoisotopic (exact) mass is 308 g/mol. The molecule has 0 aliphatic heterocycles. The van der Waals surface area contributed by atoms with Crippen molar-refractivity contribution in [2.24, 2.45) is 0 Å². The fourth-order valence-corrected chi connectivity index (χ4v) is 2.10. The van der Waals surface area contributed by atoms with E-state index in [-0.39, 0.29) is 18.6 Å². The fourth-order valence-electron chi connectivity index (χ4n) is 2.10. The molecule has 1 rings (SSSR count). The Morgan fingerprint density at radius 2 is 1.82 bits per heavy atom. The van der Waals surface area contributed by atoms with E-state index < -0.39 is 5.60 Å². The maximum Gasteiger partial charge on any atom is 0.315 e. The van der Waals surface area contributed by atoms with Crippen LogP contribution in [0.15, 0.2) is 24.3 Å². The number of rotatable bonds is 8. The topological polar surface area (TPSA) is 70.6 Å². The van der Waals surface area contributed by atoms with Gasteiger partial charge in [-0.3, -0.25) is 0 Å². The molecule has 2 amide bonds. The first-order chi connectivity index (χ1) is 10.4. The van der Waals surface area contributed by atoms with Crippen molar-refractivity contribution in [1.82, 2.24) is 10.6 Å². The van der Waals surface area contributed by atoms with Crippen LogP contribution in [0, 0.1) is 0 Å². The number of amides is 2. The second kappa shape index (κ2) is 8.63. The van der Waals surface area contributed by atoms with Gasteiger partial charge in [0, 0.05) is 6.54 Å². The van der Waals surface area contributed by atoms with Gasteiger partial charge < -0.3 is 20.5 Å². The molecule has 5 heteroatoms. The number of benzene rings is 1. The van der Waals surface area contributed by atoms with Crippen molar-refractivity contribution in [2.75, 3.05) is 13.2 Å². The Morgan fingerprint density at radius 3 is 2.32 bits per heavy atom. The van der Waals surface area contributed by atoms with Gasteiger partial charge in [0.25, 0.3) is 0 Å². The lowest BCUT2D eigenvalue weighted by atomic mass is 9.98. The van der Waals surface area contributed by atoms with Gasteiger partial charge in [0.2, 0.25) is 0 Å². The summed E-state index contributed by atoms with van der Waals surface area (Å²) in [5, 5.41) is 15.8. The molecule has 0 aliphatic carbocycles. The molecule has 1 unspecified atom stereocenters. The second-order valence-corrected chi connectivity index (χ2v) is 5.48. The molecular weight excluding hydrogens is 280 g/mol. The predicted octanol–water partition coefficient (Wildman–Crippen LogP) is 3.00. The molecule has 0 fully saturated rings. The highest BCUT2D eigenvalue weighted by molar-refractivity contribution is 5.74. The predicted molar refractivity (Wildman–Crippen MR) is 88.1 cm³/mol. The molecule has 22 heavy (non-hydrogen) atoms. The molecule has 5 nitrogen and oxygen atoms in total. The number of carbonyl (C=O) groups is 1. The first-order valence-electron chi connectivity index (χ1n) is 7.93. The molecule has 1 atom stereocenters. The fraction of sp³-hybridized carbons (Fsp3) is 0.588. The van der Waals surface area contributed by atoms with E-state index in [1.807, 2.05) is 52.0 Å². The third-order valence-corrected chi connectivity index (χ3v) is 3.93. The summed E-state index contributed by atoms with van der Waals surface area (Å²) in [5.41, 5.74) is 0.166. The van der Waals surface area contributed by atoms with Crippen LogP contribution in [-0.2, 0) is 0 Å². The Labute approximate surface area is 133 Å². The molecule has 0 radical (unpaired) electrons. The van der Waals surface area contributed by atoms with E-state index >= 15 is 0 Å². The minimum Gasteiger partial charge on any atom is -0.494 e. The Kier molecular flexibility index (Phi) is 7.18. The maximum absolute atomic E-state index is 11.9. The second-order valence-electron chi connectivity index (χ2n) is 5.48. The average molecular weight is 308 g/mol. The van der Waals surface area contributed by atoms with Crippen molar-refractivity contribution in [1.29, 1.82) is 0 Å². The highest BCUT2D eigenvalue weighted by Gasteiger charge is 2.23. The first kappa shape index (κ1) is 18.3. The summed E-state index contributed by atoms with van der Waals surface area (Å²) in [6.45, 7) is 8.56. The van der Waals surface area contributed by atoms with Crippen LogP contribution in [-0.4, -0.2) is 29.9 Å². The smallest absolute Gasteiger partial charge is 0.315 e. The summed E-state index contributed by atoms with van der Waals surface area (Å²) < 4.78 is 5.39. The Bertz CT molecular complexity index is 455. The maximum atomic E-state index is 11.9. The minimum absolute atomic E-state index is 0.118. The minimum atomic E-state index is -0.834. The van der Waals surface area contributed by atoms with Gasteiger partial charge in [0.15, 0.2) is 0 Å². The lowest BCUT2D eigenvalue weighted by Crippen LogP contribution is -2.46. The Hall–Kier alpha value is -1.75. The number of hydrogen-bond acceptors (Lipinski definition) is 3. The Morgan fingerprint density at radius 1 is 1.23 bits per heavy atom. The first-order valence-corrected chi connectivity index (χ1v) is 7.93. The number of carbonyl (C=O) groups excluding carboxylic acids is 1. The van der Waals surface area contributed by atoms with Gasteiger partial charge >= 0.3 is 6.03 Å². The molecule has 0 aliphatic rings. The van der Waals surface area contributed by atoms with Crippen LogP contribution in [0.3, 0.4) is 0 Å². The molecule has 1 aromatic carbocycles. The quantitative estimate of drug-likeness (QED) is 0.691. The van der Waals surface area contributed by atoms with Crippen LogP contribution in [0.2, 0.25) is 0 Å². The van der Waals surface area contributed by atoms with Gasteiger partial charge in [-0.15, -0.1) is 0 Å². The molecule has 0 saturated carbocycles. The summed E-state index contributed by atoms with van der Waals surface area (Å²) in [6, 6.07) is 7.26. The largest absolute Gasteiger partial charge is 0.494 e. The summed E-state index contributed by atoms with van der Waals surface area (Å²) >= 11 is 0. The SMILES string of the molecule is CCOc1ccc(C(C)NC(=O)NCC(O)(CC)CC)cc1. The summed E-state index contributed by atoms with van der Waals surface area (Å²) in [5.74, 6) is 0.818. The number of hydrogen-bond donors (Lipinski definition) is 3. The summed E-state index contributed by atoms with van der Waals surface area (Å²) in [7, 11) is 0. The van der Waals surface area contributed by atoms with Crippen molar-refractivity contribution in [2.45, 2.75) is 52.2 Å². The van der Waals surface area contributed by atoms with Crippen LogP contribution < -0.4 is 15.4 Å². The third kappa shape index (κ3) is 5.56. The lowest BCUT2D eigenvalue weighted by Gasteiger charge is -2.26. The van der Waals surface area contributed by atoms with E-state index in [1.165, 1.54) is 0 Å². The van der Waals surface area contributed by atoms with Crippen LogP contribution in [0.1, 0.15) is 52.1 Å². The molecular formula is C17H28N2O3. The van der Waals surface area contributed by atoms with E-state index in [0.29, 0.717) is 19.4 Å². The van der Waals surface area contributed by atoms with E-state index in [0.717, 1.165) is 11.3 Å². The molecule has 0 aromatic heterocycles. The number of ether oxygens (including phenoxy) is 1. The van der Waals surface area contributed by atoms with Crippen molar-refractivity contribution in [3.63, 3.8) is 0 Å². The third-order valence-electron chi connectivity index (χ3n) is 3.93. The average Bonchev–Trinajstić information content (AvgIpc) is 2.53. The highest BCUT2D eigenvalue weighted by atomic mass is 16.5. The van der Waals surface area contributed by atoms with E-state index in [1.54, 1.807) is 0 Å². The molecule has 124 valence electrons. The molecule has 1 aromatic rings. The lowest BCUT2D eigenvalue weighted by molar-refractivity contribution is 0.0349. The zero-order chi connectivity index (χ0) is 16.6. The summed E-state index contributed by atoms with van der Waals surface area (Å²) in [4.78, 5) is 11.9. The summed E-state index contributed by atoms with van der Waals surface area (Å²) in [6.07, 6.45) is 1.22. The van der Waals surface area contributed by atoms with Crippen LogP contribution in [0.5, 0.6) is 5.75 Å². The van der Waals surface area contributed by atoms with Gasteiger partial charge in [-0.25, -0.2) is 4.79 Å².